The van der Waals surface area contributed by atoms with Crippen molar-refractivity contribution in [1.29, 1.82) is 0 Å². The topological polar surface area (TPSA) is 96.2 Å². The van der Waals surface area contributed by atoms with Crippen molar-refractivity contribution in [2.45, 2.75) is 45.4 Å². The number of carbonyl (C=O) groups excluding carboxylic acids is 2. The minimum Gasteiger partial charge on any atom is -0.377 e. The molecule has 2 aromatic rings. The molecule has 138 valence electrons. The number of nitrogens with zero attached hydrogens (tertiary/aromatic N) is 2. The molecule has 1 atom stereocenters. The number of fused-ring (bicyclic) bond motifs is 1. The standard InChI is InChI=1S/C19H24N4O3/c1-12-6-5-8-21-16(12)17(24)19(26)22-11-13-10-14(18(25)20-2)15-7-3-4-9-23(13)15/h5-6,8,10,17,24H,3-4,7,9,11H2,1-2H3,(H,20,25)(H,22,26). The first kappa shape index (κ1) is 18.1. The molecule has 1 unspecified atom stereocenters. The molecular weight excluding hydrogens is 332 g/mol. The number of amides is 2. The van der Waals surface area contributed by atoms with Gasteiger partial charge in [-0.15, -0.1) is 0 Å². The molecule has 0 radical (unpaired) electrons. The molecule has 0 saturated carbocycles. The van der Waals surface area contributed by atoms with Gasteiger partial charge in [0.15, 0.2) is 6.10 Å². The van der Waals surface area contributed by atoms with Crippen molar-refractivity contribution in [3.63, 3.8) is 0 Å². The Kier molecular flexibility index (Phi) is 5.37. The average molecular weight is 356 g/mol. The molecule has 2 amide bonds. The SMILES string of the molecule is CNC(=O)c1cc(CNC(=O)C(O)c2ncccc2C)n2c1CCCC2. The van der Waals surface area contributed by atoms with Gasteiger partial charge in [-0.25, -0.2) is 0 Å². The van der Waals surface area contributed by atoms with Gasteiger partial charge in [0.05, 0.1) is 17.8 Å². The van der Waals surface area contributed by atoms with Crippen molar-refractivity contribution < 1.29 is 14.7 Å². The van der Waals surface area contributed by atoms with Gasteiger partial charge >= 0.3 is 0 Å². The summed E-state index contributed by atoms with van der Waals surface area (Å²) in [5.41, 5.74) is 3.67. The Labute approximate surface area is 152 Å². The van der Waals surface area contributed by atoms with Gasteiger partial charge in [0.1, 0.15) is 0 Å². The zero-order valence-corrected chi connectivity index (χ0v) is 15.1. The van der Waals surface area contributed by atoms with Crippen molar-refractivity contribution in [1.82, 2.24) is 20.2 Å². The molecule has 7 nitrogen and oxygen atoms in total. The van der Waals surface area contributed by atoms with Crippen LogP contribution < -0.4 is 10.6 Å². The van der Waals surface area contributed by atoms with E-state index in [9.17, 15) is 14.7 Å². The van der Waals surface area contributed by atoms with Gasteiger partial charge in [0, 0.05) is 31.2 Å². The lowest BCUT2D eigenvalue weighted by Crippen LogP contribution is -2.30. The average Bonchev–Trinajstić information content (AvgIpc) is 3.04. The third kappa shape index (κ3) is 3.48. The van der Waals surface area contributed by atoms with E-state index in [2.05, 4.69) is 20.2 Å². The number of aromatic nitrogens is 2. The summed E-state index contributed by atoms with van der Waals surface area (Å²) in [6.45, 7) is 2.89. The quantitative estimate of drug-likeness (QED) is 0.751. The summed E-state index contributed by atoms with van der Waals surface area (Å²) in [5, 5.41) is 15.7. The van der Waals surface area contributed by atoms with Gasteiger partial charge in [0.2, 0.25) is 0 Å². The summed E-state index contributed by atoms with van der Waals surface area (Å²) in [7, 11) is 1.61. The van der Waals surface area contributed by atoms with Crippen LogP contribution in [0.1, 0.15) is 51.9 Å². The molecule has 0 spiro atoms. The zero-order chi connectivity index (χ0) is 18.7. The lowest BCUT2D eigenvalue weighted by atomic mass is 10.1. The van der Waals surface area contributed by atoms with Crippen LogP contribution in [-0.4, -0.2) is 33.5 Å². The fourth-order valence-electron chi connectivity index (χ4n) is 3.42. The number of rotatable bonds is 5. The number of hydrogen-bond acceptors (Lipinski definition) is 4. The van der Waals surface area contributed by atoms with E-state index in [1.165, 1.54) is 0 Å². The predicted octanol–water partition coefficient (Wildman–Crippen LogP) is 1.24. The molecule has 0 aromatic carbocycles. The van der Waals surface area contributed by atoms with E-state index in [4.69, 9.17) is 0 Å². The highest BCUT2D eigenvalue weighted by Crippen LogP contribution is 2.24. The third-order valence-electron chi connectivity index (χ3n) is 4.81. The van der Waals surface area contributed by atoms with E-state index >= 15 is 0 Å². The van der Waals surface area contributed by atoms with Crippen LogP contribution in [0.4, 0.5) is 0 Å². The summed E-state index contributed by atoms with van der Waals surface area (Å²) >= 11 is 0. The Morgan fingerprint density at radius 1 is 1.38 bits per heavy atom. The Morgan fingerprint density at radius 3 is 2.92 bits per heavy atom. The van der Waals surface area contributed by atoms with Gasteiger partial charge in [-0.05, 0) is 43.9 Å². The van der Waals surface area contributed by atoms with E-state index < -0.39 is 12.0 Å². The van der Waals surface area contributed by atoms with E-state index in [0.717, 1.165) is 42.8 Å². The summed E-state index contributed by atoms with van der Waals surface area (Å²) in [6.07, 6.45) is 3.19. The number of aliphatic hydroxyl groups is 1. The van der Waals surface area contributed by atoms with Crippen molar-refractivity contribution in [3.8, 4) is 0 Å². The maximum Gasteiger partial charge on any atom is 0.255 e. The molecule has 26 heavy (non-hydrogen) atoms. The molecule has 3 N–H and O–H groups in total. The molecule has 0 fully saturated rings. The smallest absolute Gasteiger partial charge is 0.255 e. The van der Waals surface area contributed by atoms with Gasteiger partial charge in [-0.2, -0.15) is 0 Å². The summed E-state index contributed by atoms with van der Waals surface area (Å²) in [6, 6.07) is 5.40. The minimum atomic E-state index is -1.31. The van der Waals surface area contributed by atoms with Crippen LogP contribution in [0.5, 0.6) is 0 Å². The second-order valence-electron chi connectivity index (χ2n) is 6.51. The highest BCUT2D eigenvalue weighted by molar-refractivity contribution is 5.95. The maximum atomic E-state index is 12.3. The van der Waals surface area contributed by atoms with E-state index in [-0.39, 0.29) is 12.5 Å². The van der Waals surface area contributed by atoms with Gasteiger partial charge < -0.3 is 20.3 Å². The molecular formula is C19H24N4O3. The highest BCUT2D eigenvalue weighted by atomic mass is 16.3. The number of pyridine rings is 1. The van der Waals surface area contributed by atoms with Crippen LogP contribution in [-0.2, 0) is 24.3 Å². The number of aryl methyl sites for hydroxylation is 1. The molecule has 1 aliphatic rings. The molecule has 0 bridgehead atoms. The van der Waals surface area contributed by atoms with Crippen LogP contribution in [0.3, 0.4) is 0 Å². The zero-order valence-electron chi connectivity index (χ0n) is 15.1. The van der Waals surface area contributed by atoms with Gasteiger partial charge in [-0.1, -0.05) is 6.07 Å². The highest BCUT2D eigenvalue weighted by Gasteiger charge is 2.24. The second-order valence-corrected chi connectivity index (χ2v) is 6.51. The van der Waals surface area contributed by atoms with Crippen molar-refractivity contribution in [2.75, 3.05) is 7.05 Å². The summed E-state index contributed by atoms with van der Waals surface area (Å²) in [5.74, 6) is -0.614. The Bertz CT molecular complexity index is 828. The monoisotopic (exact) mass is 356 g/mol. The largest absolute Gasteiger partial charge is 0.377 e. The lowest BCUT2D eigenvalue weighted by molar-refractivity contribution is -0.130. The number of aliphatic hydroxyl groups excluding tert-OH is 1. The molecule has 1 aliphatic heterocycles. The van der Waals surface area contributed by atoms with Crippen molar-refractivity contribution >= 4 is 11.8 Å². The normalized spacial score (nSPS) is 14.4. The van der Waals surface area contributed by atoms with E-state index in [1.54, 1.807) is 32.3 Å². The summed E-state index contributed by atoms with van der Waals surface area (Å²) in [4.78, 5) is 28.5. The molecule has 0 saturated heterocycles. The predicted molar refractivity (Wildman–Crippen MR) is 96.5 cm³/mol. The molecule has 0 aliphatic carbocycles. The van der Waals surface area contributed by atoms with E-state index in [0.29, 0.717) is 11.3 Å². The van der Waals surface area contributed by atoms with Crippen molar-refractivity contribution in [3.05, 3.63) is 52.6 Å². The van der Waals surface area contributed by atoms with Crippen LogP contribution >= 0.6 is 0 Å². The molecule has 7 heteroatoms. The Balaban J connectivity index is 1.75. The third-order valence-corrected chi connectivity index (χ3v) is 4.81. The first-order valence-corrected chi connectivity index (χ1v) is 8.83. The van der Waals surface area contributed by atoms with Gasteiger partial charge in [-0.3, -0.25) is 14.6 Å². The molecule has 3 heterocycles. The fourth-order valence-corrected chi connectivity index (χ4v) is 3.42. The minimum absolute atomic E-state index is 0.114. The lowest BCUT2D eigenvalue weighted by Gasteiger charge is -2.19. The Hall–Kier alpha value is -2.67. The fraction of sp³-hybridized carbons (Fsp3) is 0.421. The van der Waals surface area contributed by atoms with Crippen LogP contribution in [0.15, 0.2) is 24.4 Å². The summed E-state index contributed by atoms with van der Waals surface area (Å²) < 4.78 is 2.10. The Morgan fingerprint density at radius 2 is 2.19 bits per heavy atom. The molecule has 2 aromatic heterocycles. The number of nitrogens with one attached hydrogen (secondary N) is 2. The number of carbonyl (C=O) groups is 2. The molecule has 3 rings (SSSR count). The van der Waals surface area contributed by atoms with Crippen molar-refractivity contribution in [2.24, 2.45) is 0 Å². The number of hydrogen-bond donors (Lipinski definition) is 3. The van der Waals surface area contributed by atoms with Crippen LogP contribution in [0.25, 0.3) is 0 Å². The second kappa shape index (κ2) is 7.70. The van der Waals surface area contributed by atoms with Crippen LogP contribution in [0, 0.1) is 6.92 Å². The van der Waals surface area contributed by atoms with Crippen LogP contribution in [0.2, 0.25) is 0 Å². The van der Waals surface area contributed by atoms with E-state index in [1.807, 2.05) is 6.07 Å². The first-order valence-electron chi connectivity index (χ1n) is 8.83. The maximum absolute atomic E-state index is 12.3. The van der Waals surface area contributed by atoms with Gasteiger partial charge in [0.25, 0.3) is 11.8 Å². The first-order chi connectivity index (χ1) is 12.5.